The summed E-state index contributed by atoms with van der Waals surface area (Å²) in [4.78, 5) is 13.7. The van der Waals surface area contributed by atoms with Crippen molar-refractivity contribution in [2.45, 2.75) is 19.9 Å². The van der Waals surface area contributed by atoms with Crippen molar-refractivity contribution in [1.29, 1.82) is 5.26 Å². The molecular formula is C13H15BrN2O. The maximum absolute atomic E-state index is 12.2. The second kappa shape index (κ2) is 5.83. The van der Waals surface area contributed by atoms with Gasteiger partial charge in [-0.15, -0.1) is 0 Å². The Kier molecular flexibility index (Phi) is 4.71. The standard InChI is InChI=1S/C13H15BrN2O/c1-9(2)12(8-15)16(3)13(17)10-6-4-5-7-11(10)14/h4-7,9,12H,1-3H3. The number of halogens is 1. The van der Waals surface area contributed by atoms with Crippen LogP contribution in [0.1, 0.15) is 24.2 Å². The van der Waals surface area contributed by atoms with Gasteiger partial charge < -0.3 is 4.90 Å². The van der Waals surface area contributed by atoms with Crippen LogP contribution in [0.4, 0.5) is 0 Å². The van der Waals surface area contributed by atoms with Crippen LogP contribution in [0.25, 0.3) is 0 Å². The van der Waals surface area contributed by atoms with Gasteiger partial charge in [-0.1, -0.05) is 26.0 Å². The van der Waals surface area contributed by atoms with E-state index in [1.165, 1.54) is 4.90 Å². The molecule has 1 rings (SSSR count). The lowest BCUT2D eigenvalue weighted by Gasteiger charge is -2.25. The highest BCUT2D eigenvalue weighted by atomic mass is 79.9. The van der Waals surface area contributed by atoms with Gasteiger partial charge in [-0.3, -0.25) is 4.79 Å². The minimum Gasteiger partial charge on any atom is -0.325 e. The number of nitriles is 1. The fraction of sp³-hybridized carbons (Fsp3) is 0.385. The second-order valence-corrected chi connectivity index (χ2v) is 5.07. The zero-order valence-electron chi connectivity index (χ0n) is 10.1. The molecule has 0 aliphatic carbocycles. The second-order valence-electron chi connectivity index (χ2n) is 4.21. The number of hydrogen-bond donors (Lipinski definition) is 0. The van der Waals surface area contributed by atoms with Crippen LogP contribution in [0.3, 0.4) is 0 Å². The van der Waals surface area contributed by atoms with Crippen molar-refractivity contribution < 1.29 is 4.79 Å². The van der Waals surface area contributed by atoms with E-state index < -0.39 is 6.04 Å². The maximum atomic E-state index is 12.2. The molecular weight excluding hydrogens is 280 g/mol. The Labute approximate surface area is 110 Å². The number of carbonyl (C=O) groups excluding carboxylic acids is 1. The molecule has 90 valence electrons. The van der Waals surface area contributed by atoms with Gasteiger partial charge >= 0.3 is 0 Å². The molecule has 3 nitrogen and oxygen atoms in total. The summed E-state index contributed by atoms with van der Waals surface area (Å²) in [5.74, 6) is -0.0332. The molecule has 0 aliphatic heterocycles. The normalized spacial score (nSPS) is 12.0. The summed E-state index contributed by atoms with van der Waals surface area (Å²) in [6.07, 6.45) is 0. The van der Waals surface area contributed by atoms with E-state index in [1.807, 2.05) is 32.0 Å². The summed E-state index contributed by atoms with van der Waals surface area (Å²) in [6.45, 7) is 3.86. The molecule has 1 amide bonds. The highest BCUT2D eigenvalue weighted by molar-refractivity contribution is 9.10. The predicted molar refractivity (Wildman–Crippen MR) is 70.5 cm³/mol. The van der Waals surface area contributed by atoms with Crippen LogP contribution in [0.15, 0.2) is 28.7 Å². The van der Waals surface area contributed by atoms with Crippen molar-refractivity contribution in [1.82, 2.24) is 4.90 Å². The molecule has 0 bridgehead atoms. The highest BCUT2D eigenvalue weighted by Gasteiger charge is 2.24. The van der Waals surface area contributed by atoms with Gasteiger partial charge in [-0.2, -0.15) is 5.26 Å². The molecule has 1 aromatic carbocycles. The van der Waals surface area contributed by atoms with Crippen LogP contribution in [0.5, 0.6) is 0 Å². The van der Waals surface area contributed by atoms with E-state index in [2.05, 4.69) is 22.0 Å². The first kappa shape index (κ1) is 13.7. The van der Waals surface area contributed by atoms with Crippen LogP contribution in [0.2, 0.25) is 0 Å². The Morgan fingerprint density at radius 1 is 1.41 bits per heavy atom. The Balaban J connectivity index is 2.99. The van der Waals surface area contributed by atoms with Crippen molar-refractivity contribution in [3.63, 3.8) is 0 Å². The van der Waals surface area contributed by atoms with Crippen molar-refractivity contribution >= 4 is 21.8 Å². The van der Waals surface area contributed by atoms with E-state index >= 15 is 0 Å². The lowest BCUT2D eigenvalue weighted by Crippen LogP contribution is -2.39. The van der Waals surface area contributed by atoms with E-state index in [0.29, 0.717) is 5.56 Å². The van der Waals surface area contributed by atoms with Gasteiger partial charge in [-0.25, -0.2) is 0 Å². The molecule has 0 spiro atoms. The Bertz CT molecular complexity index is 451. The minimum atomic E-state index is -0.408. The first-order chi connectivity index (χ1) is 7.99. The minimum absolute atomic E-state index is 0.108. The average Bonchev–Trinajstić information content (AvgIpc) is 2.29. The monoisotopic (exact) mass is 294 g/mol. The van der Waals surface area contributed by atoms with Crippen molar-refractivity contribution in [2.75, 3.05) is 7.05 Å². The molecule has 0 fully saturated rings. The fourth-order valence-corrected chi connectivity index (χ4v) is 2.09. The van der Waals surface area contributed by atoms with Gasteiger partial charge in [-0.05, 0) is 34.0 Å². The molecule has 17 heavy (non-hydrogen) atoms. The van der Waals surface area contributed by atoms with Gasteiger partial charge in [0.1, 0.15) is 6.04 Å². The maximum Gasteiger partial charge on any atom is 0.255 e. The first-order valence-electron chi connectivity index (χ1n) is 5.40. The molecule has 0 saturated heterocycles. The molecule has 1 aromatic rings. The third-order valence-electron chi connectivity index (χ3n) is 2.61. The quantitative estimate of drug-likeness (QED) is 0.860. The Hall–Kier alpha value is -1.34. The highest BCUT2D eigenvalue weighted by Crippen LogP contribution is 2.19. The van der Waals surface area contributed by atoms with Gasteiger partial charge in [0, 0.05) is 11.5 Å². The van der Waals surface area contributed by atoms with Gasteiger partial charge in [0.05, 0.1) is 11.6 Å². The Morgan fingerprint density at radius 2 is 2.00 bits per heavy atom. The largest absolute Gasteiger partial charge is 0.325 e. The smallest absolute Gasteiger partial charge is 0.255 e. The Morgan fingerprint density at radius 3 is 2.47 bits per heavy atom. The molecule has 0 saturated carbocycles. The van der Waals surface area contributed by atoms with Crippen molar-refractivity contribution in [3.8, 4) is 6.07 Å². The van der Waals surface area contributed by atoms with Crippen LogP contribution in [-0.4, -0.2) is 23.9 Å². The van der Waals surface area contributed by atoms with Crippen molar-refractivity contribution in [3.05, 3.63) is 34.3 Å². The van der Waals surface area contributed by atoms with E-state index in [4.69, 9.17) is 5.26 Å². The number of amides is 1. The first-order valence-corrected chi connectivity index (χ1v) is 6.19. The predicted octanol–water partition coefficient (Wildman–Crippen LogP) is 3.07. The van der Waals surface area contributed by atoms with E-state index in [0.717, 1.165) is 4.47 Å². The van der Waals surface area contributed by atoms with Gasteiger partial charge in [0.15, 0.2) is 0 Å². The summed E-state index contributed by atoms with van der Waals surface area (Å²) < 4.78 is 0.747. The molecule has 0 aliphatic rings. The number of hydrogen-bond acceptors (Lipinski definition) is 2. The topological polar surface area (TPSA) is 44.1 Å². The number of nitrogens with zero attached hydrogens (tertiary/aromatic N) is 2. The zero-order valence-corrected chi connectivity index (χ0v) is 11.7. The summed E-state index contributed by atoms with van der Waals surface area (Å²) >= 11 is 3.34. The summed E-state index contributed by atoms with van der Waals surface area (Å²) in [5.41, 5.74) is 0.580. The van der Waals surface area contributed by atoms with E-state index in [-0.39, 0.29) is 11.8 Å². The lowest BCUT2D eigenvalue weighted by molar-refractivity contribution is 0.0735. The van der Waals surface area contributed by atoms with Gasteiger partial charge in [0.25, 0.3) is 5.91 Å². The zero-order chi connectivity index (χ0) is 13.0. The fourth-order valence-electron chi connectivity index (χ4n) is 1.63. The summed E-state index contributed by atoms with van der Waals surface area (Å²) in [6, 6.07) is 8.98. The molecule has 0 aromatic heterocycles. The van der Waals surface area contributed by atoms with E-state index in [1.54, 1.807) is 13.1 Å². The van der Waals surface area contributed by atoms with Crippen LogP contribution in [-0.2, 0) is 0 Å². The molecule has 0 N–H and O–H groups in total. The van der Waals surface area contributed by atoms with E-state index in [9.17, 15) is 4.79 Å². The summed E-state index contributed by atoms with van der Waals surface area (Å²) in [7, 11) is 1.66. The number of rotatable bonds is 3. The average molecular weight is 295 g/mol. The molecule has 0 radical (unpaired) electrons. The summed E-state index contributed by atoms with van der Waals surface area (Å²) in [5, 5.41) is 9.08. The van der Waals surface area contributed by atoms with Crippen molar-refractivity contribution in [2.24, 2.45) is 5.92 Å². The van der Waals surface area contributed by atoms with Crippen LogP contribution >= 0.6 is 15.9 Å². The molecule has 4 heteroatoms. The number of carbonyl (C=O) groups is 1. The molecule has 1 unspecified atom stereocenters. The third kappa shape index (κ3) is 3.07. The lowest BCUT2D eigenvalue weighted by atomic mass is 10.0. The SMILES string of the molecule is CC(C)C(C#N)N(C)C(=O)c1ccccc1Br. The van der Waals surface area contributed by atoms with Gasteiger partial charge in [0.2, 0.25) is 0 Å². The number of benzene rings is 1. The molecule has 0 heterocycles. The van der Waals surface area contributed by atoms with Crippen LogP contribution < -0.4 is 0 Å². The molecule has 1 atom stereocenters. The third-order valence-corrected chi connectivity index (χ3v) is 3.30. The van der Waals surface area contributed by atoms with Crippen LogP contribution in [0, 0.1) is 17.2 Å².